The van der Waals surface area contributed by atoms with E-state index in [1.165, 1.54) is 17.8 Å². The number of sulfonamides is 1. The van der Waals surface area contributed by atoms with Gasteiger partial charge in [0.15, 0.2) is 0 Å². The first-order valence-electron chi connectivity index (χ1n) is 5.22. The molecule has 0 bridgehead atoms. The maximum absolute atomic E-state index is 11.5. The van der Waals surface area contributed by atoms with Gasteiger partial charge in [-0.1, -0.05) is 23.4 Å². The average molecular weight is 315 g/mol. The van der Waals surface area contributed by atoms with Crippen LogP contribution in [0.15, 0.2) is 57.2 Å². The lowest BCUT2D eigenvalue weighted by Crippen LogP contribution is -2.13. The first kappa shape index (κ1) is 14.2. The summed E-state index contributed by atoms with van der Waals surface area (Å²) in [4.78, 5) is 1.41. The standard InChI is InChI=1S/C12H11ClN2O2S2/c13-8-1-4-10(5-2-8)18-11-6-3-9(14)7-12(11)19(15,16)17/h1-7H,14H2,(H2,15,16,17). The van der Waals surface area contributed by atoms with Gasteiger partial charge in [0.25, 0.3) is 0 Å². The van der Waals surface area contributed by atoms with E-state index >= 15 is 0 Å². The summed E-state index contributed by atoms with van der Waals surface area (Å²) in [5.41, 5.74) is 5.94. The Labute approximate surface area is 120 Å². The molecule has 2 rings (SSSR count). The van der Waals surface area contributed by atoms with Gasteiger partial charge < -0.3 is 5.73 Å². The van der Waals surface area contributed by atoms with Gasteiger partial charge >= 0.3 is 0 Å². The van der Waals surface area contributed by atoms with Crippen LogP contribution in [-0.2, 0) is 10.0 Å². The van der Waals surface area contributed by atoms with Crippen LogP contribution < -0.4 is 10.9 Å². The van der Waals surface area contributed by atoms with E-state index in [2.05, 4.69) is 0 Å². The molecule has 4 nitrogen and oxygen atoms in total. The molecule has 0 aromatic heterocycles. The molecule has 0 saturated carbocycles. The van der Waals surface area contributed by atoms with Gasteiger partial charge in [0.1, 0.15) is 0 Å². The number of primary sulfonamides is 1. The molecule has 0 spiro atoms. The van der Waals surface area contributed by atoms with E-state index in [4.69, 9.17) is 22.5 Å². The Morgan fingerprint density at radius 1 is 1.05 bits per heavy atom. The van der Waals surface area contributed by atoms with Crippen molar-refractivity contribution in [2.45, 2.75) is 14.7 Å². The quantitative estimate of drug-likeness (QED) is 0.853. The summed E-state index contributed by atoms with van der Waals surface area (Å²) in [6.45, 7) is 0. The van der Waals surface area contributed by atoms with Crippen LogP contribution in [-0.4, -0.2) is 8.42 Å². The van der Waals surface area contributed by atoms with E-state index < -0.39 is 10.0 Å². The summed E-state index contributed by atoms with van der Waals surface area (Å²) < 4.78 is 23.1. The van der Waals surface area contributed by atoms with Crippen molar-refractivity contribution >= 4 is 39.1 Å². The van der Waals surface area contributed by atoms with Crippen LogP contribution in [0.4, 0.5) is 5.69 Å². The maximum atomic E-state index is 11.5. The van der Waals surface area contributed by atoms with Crippen LogP contribution in [0.5, 0.6) is 0 Å². The van der Waals surface area contributed by atoms with Crippen LogP contribution in [0.2, 0.25) is 5.02 Å². The zero-order valence-electron chi connectivity index (χ0n) is 9.71. The predicted octanol–water partition coefficient (Wildman–Crippen LogP) is 2.72. The number of hydrogen-bond donors (Lipinski definition) is 2. The average Bonchev–Trinajstić information content (AvgIpc) is 2.33. The van der Waals surface area contributed by atoms with Crippen molar-refractivity contribution < 1.29 is 8.42 Å². The molecule has 4 N–H and O–H groups in total. The molecule has 0 radical (unpaired) electrons. The van der Waals surface area contributed by atoms with Crippen LogP contribution >= 0.6 is 23.4 Å². The molecular formula is C12H11ClN2O2S2. The molecule has 2 aromatic rings. The van der Waals surface area contributed by atoms with Crippen molar-refractivity contribution in [1.82, 2.24) is 0 Å². The van der Waals surface area contributed by atoms with Gasteiger partial charge in [-0.05, 0) is 42.5 Å². The zero-order valence-corrected chi connectivity index (χ0v) is 12.1. The normalized spacial score (nSPS) is 11.5. The van der Waals surface area contributed by atoms with Gasteiger partial charge in [-0.25, -0.2) is 13.6 Å². The largest absolute Gasteiger partial charge is 0.399 e. The van der Waals surface area contributed by atoms with Crippen LogP contribution in [0.3, 0.4) is 0 Å². The Morgan fingerprint density at radius 3 is 2.26 bits per heavy atom. The first-order valence-corrected chi connectivity index (χ1v) is 7.96. The Hall–Kier alpha value is -1.21. The minimum absolute atomic E-state index is 0.0208. The highest BCUT2D eigenvalue weighted by atomic mass is 35.5. The fourth-order valence-corrected chi connectivity index (χ4v) is 3.53. The number of nitrogens with two attached hydrogens (primary N) is 2. The van der Waals surface area contributed by atoms with Crippen molar-refractivity contribution in [3.63, 3.8) is 0 Å². The molecule has 100 valence electrons. The molecule has 0 aliphatic heterocycles. The molecule has 0 amide bonds. The van der Waals surface area contributed by atoms with E-state index in [0.717, 1.165) is 4.90 Å². The number of halogens is 1. The summed E-state index contributed by atoms with van der Waals surface area (Å²) >= 11 is 7.08. The molecule has 0 aliphatic carbocycles. The van der Waals surface area contributed by atoms with Gasteiger partial charge in [0.05, 0.1) is 4.90 Å². The number of anilines is 1. The van der Waals surface area contributed by atoms with E-state index in [0.29, 0.717) is 15.6 Å². The monoisotopic (exact) mass is 314 g/mol. The zero-order chi connectivity index (χ0) is 14.0. The van der Waals surface area contributed by atoms with Gasteiger partial charge in [-0.15, -0.1) is 0 Å². The Balaban J connectivity index is 2.43. The number of benzene rings is 2. The SMILES string of the molecule is Nc1ccc(Sc2ccc(Cl)cc2)c(S(N)(=O)=O)c1. The smallest absolute Gasteiger partial charge is 0.239 e. The second-order valence-electron chi connectivity index (χ2n) is 3.81. The fourth-order valence-electron chi connectivity index (χ4n) is 1.46. The molecule has 2 aromatic carbocycles. The molecule has 0 unspecified atom stereocenters. The van der Waals surface area contributed by atoms with Gasteiger partial charge in [-0.2, -0.15) is 0 Å². The topological polar surface area (TPSA) is 86.2 Å². The molecule has 0 atom stereocenters. The van der Waals surface area contributed by atoms with E-state index in [-0.39, 0.29) is 4.90 Å². The van der Waals surface area contributed by atoms with Crippen molar-refractivity contribution in [2.75, 3.05) is 5.73 Å². The maximum Gasteiger partial charge on any atom is 0.239 e. The molecule has 0 fully saturated rings. The predicted molar refractivity (Wildman–Crippen MR) is 77.8 cm³/mol. The van der Waals surface area contributed by atoms with Gasteiger partial charge in [-0.3, -0.25) is 0 Å². The van der Waals surface area contributed by atoms with E-state index in [1.807, 2.05) is 0 Å². The molecule has 0 aliphatic rings. The van der Waals surface area contributed by atoms with Crippen molar-refractivity contribution in [3.05, 3.63) is 47.5 Å². The minimum atomic E-state index is -3.81. The van der Waals surface area contributed by atoms with Crippen molar-refractivity contribution in [2.24, 2.45) is 5.14 Å². The lowest BCUT2D eigenvalue weighted by Gasteiger charge is -2.08. The highest BCUT2D eigenvalue weighted by Crippen LogP contribution is 2.33. The third-order valence-corrected chi connectivity index (χ3v) is 4.73. The van der Waals surface area contributed by atoms with Crippen LogP contribution in [0.1, 0.15) is 0 Å². The highest BCUT2D eigenvalue weighted by molar-refractivity contribution is 8.00. The van der Waals surface area contributed by atoms with E-state index in [1.54, 1.807) is 36.4 Å². The number of nitrogen functional groups attached to an aromatic ring is 1. The summed E-state index contributed by atoms with van der Waals surface area (Å²) in [6.07, 6.45) is 0. The number of rotatable bonds is 3. The van der Waals surface area contributed by atoms with Gasteiger partial charge in [0, 0.05) is 20.5 Å². The summed E-state index contributed by atoms with van der Waals surface area (Å²) in [7, 11) is -3.81. The molecule has 0 saturated heterocycles. The second-order valence-corrected chi connectivity index (χ2v) is 6.89. The number of hydrogen-bond acceptors (Lipinski definition) is 4. The summed E-state index contributed by atoms with van der Waals surface area (Å²) in [6, 6.07) is 11.7. The van der Waals surface area contributed by atoms with Crippen molar-refractivity contribution in [3.8, 4) is 0 Å². The third kappa shape index (κ3) is 3.63. The lowest BCUT2D eigenvalue weighted by atomic mass is 10.3. The third-order valence-electron chi connectivity index (χ3n) is 2.32. The lowest BCUT2D eigenvalue weighted by molar-refractivity contribution is 0.596. The second kappa shape index (κ2) is 5.42. The van der Waals surface area contributed by atoms with Gasteiger partial charge in [0.2, 0.25) is 10.0 Å². The Morgan fingerprint density at radius 2 is 1.68 bits per heavy atom. The Kier molecular flexibility index (Phi) is 4.05. The molecular weight excluding hydrogens is 304 g/mol. The van der Waals surface area contributed by atoms with E-state index in [9.17, 15) is 8.42 Å². The Bertz CT molecular complexity index is 700. The molecule has 0 heterocycles. The first-order chi connectivity index (χ1) is 8.86. The fraction of sp³-hybridized carbons (Fsp3) is 0. The van der Waals surface area contributed by atoms with Crippen LogP contribution in [0, 0.1) is 0 Å². The summed E-state index contributed by atoms with van der Waals surface area (Å²) in [5.74, 6) is 0. The molecule has 7 heteroatoms. The minimum Gasteiger partial charge on any atom is -0.399 e. The van der Waals surface area contributed by atoms with Crippen molar-refractivity contribution in [1.29, 1.82) is 0 Å². The molecule has 19 heavy (non-hydrogen) atoms. The highest BCUT2D eigenvalue weighted by Gasteiger charge is 2.15. The van der Waals surface area contributed by atoms with Crippen LogP contribution in [0.25, 0.3) is 0 Å². The summed E-state index contributed by atoms with van der Waals surface area (Å²) in [5, 5.41) is 5.81.